The van der Waals surface area contributed by atoms with Gasteiger partial charge in [-0.15, -0.1) is 0 Å². The van der Waals surface area contributed by atoms with Crippen molar-refractivity contribution in [1.82, 2.24) is 0 Å². The van der Waals surface area contributed by atoms with Crippen LogP contribution in [-0.4, -0.2) is 0 Å². The van der Waals surface area contributed by atoms with Crippen LogP contribution < -0.4 is 11.1 Å². The summed E-state index contributed by atoms with van der Waals surface area (Å²) in [5.74, 6) is -1.47. The summed E-state index contributed by atoms with van der Waals surface area (Å²) in [6.07, 6.45) is -2.79. The maximum atomic E-state index is 13.7. The molecule has 0 aliphatic carbocycles. The van der Waals surface area contributed by atoms with Crippen LogP contribution in [0.2, 0.25) is 0 Å². The molecule has 0 bridgehead atoms. The highest BCUT2D eigenvalue weighted by Crippen LogP contribution is 2.33. The highest BCUT2D eigenvalue weighted by Gasteiger charge is 2.15. The number of anilines is 3. The number of benzene rings is 2. The Labute approximate surface area is 120 Å². The van der Waals surface area contributed by atoms with Crippen molar-refractivity contribution >= 4 is 33.0 Å². The third-order valence-corrected chi connectivity index (χ3v) is 3.20. The first-order valence-corrected chi connectivity index (χ1v) is 6.27. The number of hydrogen-bond acceptors (Lipinski definition) is 2. The standard InChI is InChI=1S/C13H9BrF4N2/c14-8-4-10(16)12(5-9(8)15)20-11-2-1-6(19)3-7(11)13(17)18/h1-5,13,20H,19H2. The lowest BCUT2D eigenvalue weighted by molar-refractivity contribution is 0.152. The average molecular weight is 349 g/mol. The first-order valence-electron chi connectivity index (χ1n) is 5.47. The molecule has 0 saturated heterocycles. The molecular formula is C13H9BrF4N2. The Bertz CT molecular complexity index is 647. The Hall–Kier alpha value is -1.76. The van der Waals surface area contributed by atoms with E-state index in [0.717, 1.165) is 18.2 Å². The van der Waals surface area contributed by atoms with Crippen molar-refractivity contribution in [2.24, 2.45) is 0 Å². The topological polar surface area (TPSA) is 38.0 Å². The zero-order valence-corrected chi connectivity index (χ0v) is 11.5. The van der Waals surface area contributed by atoms with Gasteiger partial charge in [0.1, 0.15) is 11.6 Å². The second-order valence-corrected chi connectivity index (χ2v) is 4.87. The molecule has 0 heterocycles. The van der Waals surface area contributed by atoms with Crippen LogP contribution in [0, 0.1) is 11.6 Å². The zero-order valence-electron chi connectivity index (χ0n) is 9.93. The predicted molar refractivity (Wildman–Crippen MR) is 73.2 cm³/mol. The number of nitrogens with one attached hydrogen (secondary N) is 1. The van der Waals surface area contributed by atoms with Gasteiger partial charge in [0.05, 0.1) is 10.2 Å². The van der Waals surface area contributed by atoms with Crippen molar-refractivity contribution in [3.63, 3.8) is 0 Å². The average Bonchev–Trinajstić information content (AvgIpc) is 2.37. The van der Waals surface area contributed by atoms with E-state index in [0.29, 0.717) is 0 Å². The first-order chi connectivity index (χ1) is 9.38. The maximum Gasteiger partial charge on any atom is 0.265 e. The van der Waals surface area contributed by atoms with Gasteiger partial charge in [-0.1, -0.05) is 0 Å². The van der Waals surface area contributed by atoms with E-state index in [1.165, 1.54) is 12.1 Å². The molecule has 0 aliphatic heterocycles. The van der Waals surface area contributed by atoms with Gasteiger partial charge in [-0.3, -0.25) is 0 Å². The highest BCUT2D eigenvalue weighted by molar-refractivity contribution is 9.10. The monoisotopic (exact) mass is 348 g/mol. The highest BCUT2D eigenvalue weighted by atomic mass is 79.9. The number of nitrogens with two attached hydrogens (primary N) is 1. The van der Waals surface area contributed by atoms with Crippen molar-refractivity contribution < 1.29 is 17.6 Å². The van der Waals surface area contributed by atoms with Gasteiger partial charge in [-0.25, -0.2) is 17.6 Å². The molecule has 0 fully saturated rings. The molecule has 0 amide bonds. The van der Waals surface area contributed by atoms with Crippen LogP contribution in [0.4, 0.5) is 34.6 Å². The van der Waals surface area contributed by atoms with E-state index in [-0.39, 0.29) is 27.1 Å². The van der Waals surface area contributed by atoms with Crippen LogP contribution in [0.5, 0.6) is 0 Å². The Morgan fingerprint density at radius 1 is 1.00 bits per heavy atom. The van der Waals surface area contributed by atoms with E-state index >= 15 is 0 Å². The first kappa shape index (κ1) is 14.6. The van der Waals surface area contributed by atoms with Gasteiger partial charge < -0.3 is 11.1 Å². The molecule has 0 saturated carbocycles. The molecule has 0 aliphatic rings. The van der Waals surface area contributed by atoms with Crippen molar-refractivity contribution in [3.05, 3.63) is 52.0 Å². The minimum Gasteiger partial charge on any atom is -0.399 e. The van der Waals surface area contributed by atoms with Crippen LogP contribution in [-0.2, 0) is 0 Å². The van der Waals surface area contributed by atoms with Crippen molar-refractivity contribution in [3.8, 4) is 0 Å². The molecule has 2 aromatic carbocycles. The van der Waals surface area contributed by atoms with Crippen LogP contribution in [0.3, 0.4) is 0 Å². The maximum absolute atomic E-state index is 13.7. The molecule has 20 heavy (non-hydrogen) atoms. The lowest BCUT2D eigenvalue weighted by Crippen LogP contribution is -2.01. The number of nitrogen functional groups attached to an aromatic ring is 1. The number of halogens is 5. The third-order valence-electron chi connectivity index (χ3n) is 2.59. The molecule has 2 nitrogen and oxygen atoms in total. The normalized spacial score (nSPS) is 10.9. The SMILES string of the molecule is Nc1ccc(Nc2cc(F)c(Br)cc2F)c(C(F)F)c1. The Balaban J connectivity index is 2.42. The van der Waals surface area contributed by atoms with E-state index in [2.05, 4.69) is 21.2 Å². The smallest absolute Gasteiger partial charge is 0.265 e. The van der Waals surface area contributed by atoms with E-state index in [1.54, 1.807) is 0 Å². The third kappa shape index (κ3) is 3.04. The molecular weight excluding hydrogens is 340 g/mol. The predicted octanol–water partition coefficient (Wildman–Crippen LogP) is 4.99. The lowest BCUT2D eigenvalue weighted by atomic mass is 10.1. The lowest BCUT2D eigenvalue weighted by Gasteiger charge is -2.13. The summed E-state index contributed by atoms with van der Waals surface area (Å²) in [5, 5.41) is 2.45. The van der Waals surface area contributed by atoms with Gasteiger partial charge in [-0.05, 0) is 40.2 Å². The molecule has 2 rings (SSSR count). The van der Waals surface area contributed by atoms with E-state index in [1.807, 2.05) is 0 Å². The van der Waals surface area contributed by atoms with E-state index in [4.69, 9.17) is 5.73 Å². The minimum absolute atomic E-state index is 0.0326. The second-order valence-electron chi connectivity index (χ2n) is 4.02. The molecule has 7 heteroatoms. The molecule has 0 radical (unpaired) electrons. The quantitative estimate of drug-likeness (QED) is 0.465. The van der Waals surface area contributed by atoms with E-state index in [9.17, 15) is 17.6 Å². The van der Waals surface area contributed by atoms with Crippen LogP contribution in [0.15, 0.2) is 34.8 Å². The second kappa shape index (κ2) is 5.70. The van der Waals surface area contributed by atoms with Gasteiger partial charge in [-0.2, -0.15) is 0 Å². The molecule has 106 valence electrons. The van der Waals surface area contributed by atoms with Gasteiger partial charge in [0.25, 0.3) is 6.43 Å². The summed E-state index contributed by atoms with van der Waals surface area (Å²) in [4.78, 5) is 0. The molecule has 0 spiro atoms. The van der Waals surface area contributed by atoms with Crippen LogP contribution >= 0.6 is 15.9 Å². The molecule has 3 N–H and O–H groups in total. The van der Waals surface area contributed by atoms with E-state index < -0.39 is 18.1 Å². The summed E-state index contributed by atoms with van der Waals surface area (Å²) in [6.45, 7) is 0. The van der Waals surface area contributed by atoms with Gasteiger partial charge in [0.15, 0.2) is 0 Å². The van der Waals surface area contributed by atoms with Crippen molar-refractivity contribution in [1.29, 1.82) is 0 Å². The fourth-order valence-electron chi connectivity index (χ4n) is 1.64. The number of alkyl halides is 2. The zero-order chi connectivity index (χ0) is 14.9. The minimum atomic E-state index is -2.79. The van der Waals surface area contributed by atoms with Crippen LogP contribution in [0.25, 0.3) is 0 Å². The summed E-state index contributed by atoms with van der Waals surface area (Å²) in [6, 6.07) is 5.56. The Morgan fingerprint density at radius 3 is 2.35 bits per heavy atom. The fourth-order valence-corrected chi connectivity index (χ4v) is 1.95. The Morgan fingerprint density at radius 2 is 1.70 bits per heavy atom. The molecule has 2 aromatic rings. The fraction of sp³-hybridized carbons (Fsp3) is 0.0769. The summed E-state index contributed by atoms with van der Waals surface area (Å²) >= 11 is 2.83. The van der Waals surface area contributed by atoms with Crippen molar-refractivity contribution in [2.45, 2.75) is 6.43 Å². The largest absolute Gasteiger partial charge is 0.399 e. The summed E-state index contributed by atoms with van der Waals surface area (Å²) in [7, 11) is 0. The van der Waals surface area contributed by atoms with Gasteiger partial charge >= 0.3 is 0 Å². The molecule has 0 atom stereocenters. The van der Waals surface area contributed by atoms with Crippen LogP contribution in [0.1, 0.15) is 12.0 Å². The molecule has 0 aromatic heterocycles. The molecule has 0 unspecified atom stereocenters. The summed E-state index contributed by atoms with van der Waals surface area (Å²) < 4.78 is 52.7. The number of rotatable bonds is 3. The van der Waals surface area contributed by atoms with Gasteiger partial charge in [0.2, 0.25) is 0 Å². The van der Waals surface area contributed by atoms with Crippen molar-refractivity contribution in [2.75, 3.05) is 11.1 Å². The summed E-state index contributed by atoms with van der Waals surface area (Å²) in [5.41, 5.74) is 4.94. The Kier molecular flexibility index (Phi) is 4.17. The van der Waals surface area contributed by atoms with Gasteiger partial charge in [0, 0.05) is 23.0 Å². The number of hydrogen-bond donors (Lipinski definition) is 2.